The van der Waals surface area contributed by atoms with Crippen molar-refractivity contribution in [3.05, 3.63) is 83.9 Å². The first-order valence-electron chi connectivity index (χ1n) is 10.9. The number of hydrogen-bond donors (Lipinski definition) is 1. The average Bonchev–Trinajstić information content (AvgIpc) is 2.76. The fourth-order valence-corrected chi connectivity index (χ4v) is 3.42. The molecule has 0 saturated carbocycles. The molecule has 0 aliphatic rings. The van der Waals surface area contributed by atoms with E-state index in [-0.39, 0.29) is 11.6 Å². The molecule has 8 heteroatoms. The van der Waals surface area contributed by atoms with Gasteiger partial charge in [0.1, 0.15) is 29.3 Å². The molecule has 3 aromatic carbocycles. The lowest BCUT2D eigenvalue weighted by Gasteiger charge is -2.26. The summed E-state index contributed by atoms with van der Waals surface area (Å²) in [5.41, 5.74) is 0.754. The van der Waals surface area contributed by atoms with Crippen LogP contribution in [0.1, 0.15) is 38.1 Å². The smallest absolute Gasteiger partial charge is 0.326 e. The first-order chi connectivity index (χ1) is 16.4. The van der Waals surface area contributed by atoms with Gasteiger partial charge in [0.25, 0.3) is 5.91 Å². The summed E-state index contributed by atoms with van der Waals surface area (Å²) < 4.78 is 34.2. The van der Waals surface area contributed by atoms with Gasteiger partial charge in [-0.05, 0) is 68.3 Å². The molecular formula is C27H26F2N2O4. The lowest BCUT2D eigenvalue weighted by Crippen LogP contribution is -2.39. The number of hydrogen-bond acceptors (Lipinski definition) is 4. The lowest BCUT2D eigenvalue weighted by atomic mass is 10.0. The molecular weight excluding hydrogens is 454 g/mol. The van der Waals surface area contributed by atoms with Gasteiger partial charge < -0.3 is 10.1 Å². The number of nitrogens with one attached hydrogen (secondary N) is 1. The van der Waals surface area contributed by atoms with Crippen molar-refractivity contribution in [2.24, 2.45) is 0 Å². The third-order valence-corrected chi connectivity index (χ3v) is 4.83. The third-order valence-electron chi connectivity index (χ3n) is 4.83. The Morgan fingerprint density at radius 2 is 1.49 bits per heavy atom. The van der Waals surface area contributed by atoms with Gasteiger partial charge in [0.05, 0.1) is 0 Å². The number of carbonyl (C=O) groups excluding carboxylic acids is 3. The second-order valence-electron chi connectivity index (χ2n) is 8.88. The normalized spacial score (nSPS) is 11.0. The van der Waals surface area contributed by atoms with Crippen LogP contribution >= 0.6 is 0 Å². The van der Waals surface area contributed by atoms with E-state index in [1.165, 1.54) is 6.92 Å². The molecule has 0 atom stereocenters. The van der Waals surface area contributed by atoms with Gasteiger partial charge in [-0.2, -0.15) is 0 Å². The minimum absolute atomic E-state index is 0.198. The second kappa shape index (κ2) is 10.5. The molecule has 3 aromatic rings. The Hall–Kier alpha value is -4.07. The van der Waals surface area contributed by atoms with Crippen molar-refractivity contribution in [3.63, 3.8) is 0 Å². The number of benzene rings is 3. The molecule has 2 amide bonds. The molecule has 0 unspecified atom stereocenters. The molecule has 0 saturated heterocycles. The predicted molar refractivity (Wildman–Crippen MR) is 130 cm³/mol. The highest BCUT2D eigenvalue weighted by molar-refractivity contribution is 6.09. The summed E-state index contributed by atoms with van der Waals surface area (Å²) in [6, 6.07) is 16.8. The molecule has 35 heavy (non-hydrogen) atoms. The quantitative estimate of drug-likeness (QED) is 0.468. The van der Waals surface area contributed by atoms with Crippen molar-refractivity contribution in [3.8, 4) is 11.1 Å². The maximum atomic E-state index is 14.4. The summed E-state index contributed by atoms with van der Waals surface area (Å²) in [6.07, 6.45) is 0. The van der Waals surface area contributed by atoms with Gasteiger partial charge >= 0.3 is 5.97 Å². The summed E-state index contributed by atoms with van der Waals surface area (Å²) >= 11 is 0. The van der Waals surface area contributed by atoms with Crippen LogP contribution in [0.3, 0.4) is 0 Å². The first-order valence-corrected chi connectivity index (χ1v) is 10.9. The van der Waals surface area contributed by atoms with E-state index in [9.17, 15) is 23.2 Å². The van der Waals surface area contributed by atoms with E-state index in [0.29, 0.717) is 11.3 Å². The van der Waals surface area contributed by atoms with Crippen LogP contribution in [0.5, 0.6) is 0 Å². The van der Waals surface area contributed by atoms with Gasteiger partial charge in [-0.15, -0.1) is 0 Å². The zero-order chi connectivity index (χ0) is 25.8. The summed E-state index contributed by atoms with van der Waals surface area (Å²) in [7, 11) is 0. The summed E-state index contributed by atoms with van der Waals surface area (Å²) in [6.45, 7) is 5.90. The van der Waals surface area contributed by atoms with E-state index < -0.39 is 41.2 Å². The molecule has 0 spiro atoms. The maximum absolute atomic E-state index is 14.4. The molecule has 0 radical (unpaired) electrons. The molecule has 0 bridgehead atoms. The van der Waals surface area contributed by atoms with E-state index in [0.717, 1.165) is 28.7 Å². The zero-order valence-corrected chi connectivity index (χ0v) is 19.9. The number of ether oxygens (including phenoxy) is 1. The Morgan fingerprint density at radius 1 is 0.886 bits per heavy atom. The molecule has 0 aliphatic heterocycles. The van der Waals surface area contributed by atoms with Gasteiger partial charge in [-0.1, -0.05) is 30.3 Å². The highest BCUT2D eigenvalue weighted by Gasteiger charge is 2.28. The minimum atomic E-state index is -1.03. The Morgan fingerprint density at radius 3 is 2.06 bits per heavy atom. The van der Waals surface area contributed by atoms with E-state index >= 15 is 0 Å². The van der Waals surface area contributed by atoms with E-state index in [2.05, 4.69) is 5.32 Å². The molecule has 1 N–H and O–H groups in total. The topological polar surface area (TPSA) is 75.7 Å². The van der Waals surface area contributed by atoms with E-state index in [1.807, 2.05) is 0 Å². The largest absolute Gasteiger partial charge is 0.459 e. The van der Waals surface area contributed by atoms with Gasteiger partial charge in [-0.25, -0.2) is 8.78 Å². The van der Waals surface area contributed by atoms with Crippen LogP contribution in [-0.2, 0) is 14.3 Å². The van der Waals surface area contributed by atoms with Gasteiger partial charge in [0.2, 0.25) is 5.91 Å². The van der Waals surface area contributed by atoms with Gasteiger partial charge in [0, 0.05) is 18.3 Å². The Labute approximate surface area is 202 Å². The number of esters is 1. The van der Waals surface area contributed by atoms with Gasteiger partial charge in [-0.3, -0.25) is 19.3 Å². The highest BCUT2D eigenvalue weighted by atomic mass is 19.1. The molecule has 182 valence electrons. The second-order valence-corrected chi connectivity index (χ2v) is 8.88. The number of carbonyl (C=O) groups is 3. The summed E-state index contributed by atoms with van der Waals surface area (Å²) in [4.78, 5) is 38.1. The van der Waals surface area contributed by atoms with Crippen molar-refractivity contribution < 1.29 is 27.9 Å². The van der Waals surface area contributed by atoms with Crippen LogP contribution in [0, 0.1) is 11.6 Å². The van der Waals surface area contributed by atoms with Crippen molar-refractivity contribution in [1.82, 2.24) is 0 Å². The predicted octanol–water partition coefficient (Wildman–Crippen LogP) is 5.58. The van der Waals surface area contributed by atoms with E-state index in [4.69, 9.17) is 4.74 Å². The van der Waals surface area contributed by atoms with Crippen molar-refractivity contribution >= 4 is 29.2 Å². The van der Waals surface area contributed by atoms with Crippen LogP contribution in [0.2, 0.25) is 0 Å². The average molecular weight is 481 g/mol. The van der Waals surface area contributed by atoms with Crippen molar-refractivity contribution in [1.29, 1.82) is 0 Å². The monoisotopic (exact) mass is 480 g/mol. The molecule has 0 heterocycles. The molecule has 6 nitrogen and oxygen atoms in total. The fourth-order valence-electron chi connectivity index (χ4n) is 3.42. The Bertz CT molecular complexity index is 1230. The standard InChI is InChI=1S/C27H26F2N2O4/c1-17(32)30-20-13-11-18(12-14-20)19-7-5-8-21(15-19)31(16-24(33)35-27(2,3)4)26(34)25-22(28)9-6-10-23(25)29/h5-15H,16H2,1-4H3,(H,30,32). The SMILES string of the molecule is CC(=O)Nc1ccc(-c2cccc(N(CC(=O)OC(C)(C)C)C(=O)c3c(F)cccc3F)c2)cc1. The Kier molecular flexibility index (Phi) is 7.64. The van der Waals surface area contributed by atoms with Crippen LogP contribution in [0.15, 0.2) is 66.7 Å². The first kappa shape index (κ1) is 25.6. The number of amides is 2. The number of anilines is 2. The van der Waals surface area contributed by atoms with Crippen LogP contribution < -0.4 is 10.2 Å². The minimum Gasteiger partial charge on any atom is -0.459 e. The van der Waals surface area contributed by atoms with E-state index in [1.54, 1.807) is 69.3 Å². The van der Waals surface area contributed by atoms with Crippen LogP contribution in [-0.4, -0.2) is 29.9 Å². The Balaban J connectivity index is 2.01. The molecule has 3 rings (SSSR count). The molecule has 0 fully saturated rings. The number of nitrogens with zero attached hydrogens (tertiary/aromatic N) is 1. The van der Waals surface area contributed by atoms with Gasteiger partial charge in [0.15, 0.2) is 0 Å². The van der Waals surface area contributed by atoms with Crippen LogP contribution in [0.25, 0.3) is 11.1 Å². The maximum Gasteiger partial charge on any atom is 0.326 e. The lowest BCUT2D eigenvalue weighted by molar-refractivity contribution is -0.152. The number of halogens is 2. The number of rotatable bonds is 6. The third kappa shape index (κ3) is 6.72. The summed E-state index contributed by atoms with van der Waals surface area (Å²) in [5.74, 6) is -4.00. The van der Waals surface area contributed by atoms with Crippen molar-refractivity contribution in [2.75, 3.05) is 16.8 Å². The van der Waals surface area contributed by atoms with Crippen LogP contribution in [0.4, 0.5) is 20.2 Å². The highest BCUT2D eigenvalue weighted by Crippen LogP contribution is 2.28. The summed E-state index contributed by atoms with van der Waals surface area (Å²) in [5, 5.41) is 2.68. The molecule has 0 aliphatic carbocycles. The zero-order valence-electron chi connectivity index (χ0n) is 19.9. The molecule has 0 aromatic heterocycles. The van der Waals surface area contributed by atoms with Crippen molar-refractivity contribution in [2.45, 2.75) is 33.3 Å². The fraction of sp³-hybridized carbons (Fsp3) is 0.222.